The van der Waals surface area contributed by atoms with Crippen LogP contribution in [0.5, 0.6) is 5.88 Å². The van der Waals surface area contributed by atoms with Gasteiger partial charge in [0.2, 0.25) is 0 Å². The molecule has 1 aliphatic rings. The third-order valence-corrected chi connectivity index (χ3v) is 5.07. The Bertz CT molecular complexity index is 1260. The number of fused-ring (bicyclic) bond motifs is 1. The first kappa shape index (κ1) is 19.2. The van der Waals surface area contributed by atoms with Crippen molar-refractivity contribution in [3.05, 3.63) is 60.4 Å². The average Bonchev–Trinajstić information content (AvgIpc) is 3.08. The SMILES string of the molecule is Oc1[nH]cc2nc(-c3c(F)cccc3F)cc(Nc3ccc(N4CC(F)(F)C4)cn3)c12. The lowest BCUT2D eigenvalue weighted by Crippen LogP contribution is -2.56. The van der Waals surface area contributed by atoms with Gasteiger partial charge in [-0.15, -0.1) is 0 Å². The first-order chi connectivity index (χ1) is 14.8. The van der Waals surface area contributed by atoms with Crippen molar-refractivity contribution < 1.29 is 22.7 Å². The maximum absolute atomic E-state index is 14.3. The molecule has 6 nitrogen and oxygen atoms in total. The highest BCUT2D eigenvalue weighted by Crippen LogP contribution is 2.37. The van der Waals surface area contributed by atoms with Gasteiger partial charge in [0.1, 0.15) is 17.5 Å². The van der Waals surface area contributed by atoms with Gasteiger partial charge in [-0.05, 0) is 30.3 Å². The summed E-state index contributed by atoms with van der Waals surface area (Å²) < 4.78 is 54.7. The van der Waals surface area contributed by atoms with Crippen LogP contribution in [0.1, 0.15) is 0 Å². The maximum Gasteiger partial charge on any atom is 0.282 e. The molecule has 0 amide bonds. The van der Waals surface area contributed by atoms with Crippen molar-refractivity contribution in [3.63, 3.8) is 0 Å². The standard InChI is InChI=1S/C21H15F4N5O/c22-12-2-1-3-13(23)18(12)14-6-15(19-16(28-14)8-27-20(19)31)29-17-5-4-11(7-26-17)30-9-21(24,25)10-30/h1-8,27,31H,9-10H2,(H,26,29). The third kappa shape index (κ3) is 3.39. The Morgan fingerprint density at radius 1 is 1.10 bits per heavy atom. The molecule has 0 spiro atoms. The zero-order valence-electron chi connectivity index (χ0n) is 15.8. The fraction of sp³-hybridized carbons (Fsp3) is 0.143. The number of hydrogen-bond donors (Lipinski definition) is 3. The van der Waals surface area contributed by atoms with Gasteiger partial charge in [-0.25, -0.2) is 27.5 Å². The van der Waals surface area contributed by atoms with Crippen molar-refractivity contribution in [2.24, 2.45) is 0 Å². The predicted molar refractivity (Wildman–Crippen MR) is 108 cm³/mol. The number of alkyl halides is 2. The number of hydrogen-bond acceptors (Lipinski definition) is 5. The molecule has 1 aliphatic heterocycles. The number of nitrogens with one attached hydrogen (secondary N) is 2. The lowest BCUT2D eigenvalue weighted by atomic mass is 10.1. The van der Waals surface area contributed by atoms with Gasteiger partial charge in [0.15, 0.2) is 5.88 Å². The van der Waals surface area contributed by atoms with Gasteiger partial charge in [-0.2, -0.15) is 0 Å². The van der Waals surface area contributed by atoms with Crippen molar-refractivity contribution in [1.82, 2.24) is 15.0 Å². The second-order valence-electron chi connectivity index (χ2n) is 7.29. The Balaban J connectivity index is 1.51. The van der Waals surface area contributed by atoms with Crippen LogP contribution in [-0.4, -0.2) is 39.1 Å². The van der Waals surface area contributed by atoms with E-state index in [4.69, 9.17) is 0 Å². The zero-order chi connectivity index (χ0) is 21.8. The second kappa shape index (κ2) is 6.86. The number of halogens is 4. The summed E-state index contributed by atoms with van der Waals surface area (Å²) in [6.45, 7) is -0.720. The van der Waals surface area contributed by atoms with Crippen molar-refractivity contribution >= 4 is 28.1 Å². The van der Waals surface area contributed by atoms with E-state index in [9.17, 15) is 22.7 Å². The first-order valence-corrected chi connectivity index (χ1v) is 9.32. The molecule has 1 fully saturated rings. The third-order valence-electron chi connectivity index (χ3n) is 5.07. The zero-order valence-corrected chi connectivity index (χ0v) is 15.8. The Morgan fingerprint density at radius 3 is 2.48 bits per heavy atom. The number of benzene rings is 1. The van der Waals surface area contributed by atoms with E-state index in [2.05, 4.69) is 20.3 Å². The van der Waals surface area contributed by atoms with Crippen LogP contribution in [0.25, 0.3) is 22.2 Å². The summed E-state index contributed by atoms with van der Waals surface area (Å²) in [5.74, 6) is -4.06. The largest absolute Gasteiger partial charge is 0.494 e. The van der Waals surface area contributed by atoms with Crippen molar-refractivity contribution in [1.29, 1.82) is 0 Å². The van der Waals surface area contributed by atoms with Gasteiger partial charge in [0.05, 0.1) is 52.8 Å². The van der Waals surface area contributed by atoms with Gasteiger partial charge in [-0.1, -0.05) is 6.07 Å². The molecule has 158 valence electrons. The quantitative estimate of drug-likeness (QED) is 0.406. The van der Waals surface area contributed by atoms with E-state index < -0.39 is 17.6 Å². The molecule has 0 atom stereocenters. The second-order valence-corrected chi connectivity index (χ2v) is 7.29. The van der Waals surface area contributed by atoms with Gasteiger partial charge in [-0.3, -0.25) is 0 Å². The summed E-state index contributed by atoms with van der Waals surface area (Å²) in [5.41, 5.74) is 0.894. The fourth-order valence-electron chi connectivity index (χ4n) is 3.58. The molecule has 31 heavy (non-hydrogen) atoms. The van der Waals surface area contributed by atoms with Crippen molar-refractivity contribution in [2.45, 2.75) is 5.92 Å². The molecule has 4 aromatic rings. The van der Waals surface area contributed by atoms with Crippen LogP contribution in [0.2, 0.25) is 0 Å². The van der Waals surface area contributed by atoms with E-state index in [-0.39, 0.29) is 30.2 Å². The Morgan fingerprint density at radius 2 is 1.84 bits per heavy atom. The van der Waals surface area contributed by atoms with Gasteiger partial charge < -0.3 is 20.3 Å². The van der Waals surface area contributed by atoms with Gasteiger partial charge in [0.25, 0.3) is 5.92 Å². The minimum atomic E-state index is -2.69. The minimum absolute atomic E-state index is 0.0315. The van der Waals surface area contributed by atoms with E-state index in [0.29, 0.717) is 28.1 Å². The lowest BCUT2D eigenvalue weighted by molar-refractivity contribution is -0.0262. The van der Waals surface area contributed by atoms with Gasteiger partial charge >= 0.3 is 0 Å². The molecule has 0 saturated carbocycles. The Hall–Kier alpha value is -3.82. The van der Waals surface area contributed by atoms with Crippen LogP contribution in [-0.2, 0) is 0 Å². The first-order valence-electron chi connectivity index (χ1n) is 9.32. The molecule has 10 heteroatoms. The maximum atomic E-state index is 14.3. The van der Waals surface area contributed by atoms with E-state index in [1.54, 1.807) is 12.1 Å². The molecule has 3 aromatic heterocycles. The Kier molecular flexibility index (Phi) is 4.24. The van der Waals surface area contributed by atoms with E-state index in [1.165, 1.54) is 29.4 Å². The molecular weight excluding hydrogens is 414 g/mol. The summed E-state index contributed by atoms with van der Waals surface area (Å²) in [6.07, 6.45) is 2.86. The Labute approximate surface area is 173 Å². The summed E-state index contributed by atoms with van der Waals surface area (Å²) >= 11 is 0. The molecular formula is C21H15F4N5O. The minimum Gasteiger partial charge on any atom is -0.494 e. The highest BCUT2D eigenvalue weighted by atomic mass is 19.3. The molecule has 4 heterocycles. The smallest absolute Gasteiger partial charge is 0.282 e. The molecule has 0 radical (unpaired) electrons. The molecule has 1 saturated heterocycles. The molecule has 3 N–H and O–H groups in total. The number of nitrogens with zero attached hydrogens (tertiary/aromatic N) is 3. The normalized spacial score (nSPS) is 15.2. The van der Waals surface area contributed by atoms with Crippen molar-refractivity contribution in [2.75, 3.05) is 23.3 Å². The lowest BCUT2D eigenvalue weighted by Gasteiger charge is -2.40. The fourth-order valence-corrected chi connectivity index (χ4v) is 3.58. The van der Waals surface area contributed by atoms with Crippen LogP contribution in [0.3, 0.4) is 0 Å². The summed E-state index contributed by atoms with van der Waals surface area (Å²) in [7, 11) is 0. The number of aromatic hydroxyl groups is 1. The number of aromatic nitrogens is 3. The topological polar surface area (TPSA) is 77.1 Å². The number of aromatic amines is 1. The summed E-state index contributed by atoms with van der Waals surface area (Å²) in [6, 6.07) is 8.15. The molecule has 5 rings (SSSR count). The monoisotopic (exact) mass is 429 g/mol. The number of pyridine rings is 2. The van der Waals surface area contributed by atoms with Crippen LogP contribution in [0.15, 0.2) is 48.8 Å². The van der Waals surface area contributed by atoms with Crippen LogP contribution in [0, 0.1) is 11.6 Å². The molecule has 0 bridgehead atoms. The highest BCUT2D eigenvalue weighted by molar-refractivity contribution is 5.99. The van der Waals surface area contributed by atoms with E-state index in [1.807, 2.05) is 0 Å². The van der Waals surface area contributed by atoms with Gasteiger partial charge in [0, 0.05) is 6.20 Å². The number of anilines is 3. The molecule has 1 aromatic carbocycles. The highest BCUT2D eigenvalue weighted by Gasteiger charge is 2.43. The van der Waals surface area contributed by atoms with Crippen LogP contribution in [0.4, 0.5) is 34.8 Å². The summed E-state index contributed by atoms with van der Waals surface area (Å²) in [4.78, 5) is 12.6. The van der Waals surface area contributed by atoms with Crippen molar-refractivity contribution in [3.8, 4) is 17.1 Å². The molecule has 0 unspecified atom stereocenters. The van der Waals surface area contributed by atoms with E-state index >= 15 is 0 Å². The number of H-pyrrole nitrogens is 1. The van der Waals surface area contributed by atoms with E-state index in [0.717, 1.165) is 12.1 Å². The number of rotatable bonds is 4. The van der Waals surface area contributed by atoms with Crippen LogP contribution < -0.4 is 10.2 Å². The average molecular weight is 429 g/mol. The molecule has 0 aliphatic carbocycles. The van der Waals surface area contributed by atoms with Crippen LogP contribution >= 0.6 is 0 Å². The summed E-state index contributed by atoms with van der Waals surface area (Å²) in [5, 5.41) is 13.5. The predicted octanol–water partition coefficient (Wildman–Crippen LogP) is 4.81.